The lowest BCUT2D eigenvalue weighted by atomic mass is 10.2. The highest BCUT2D eigenvalue weighted by Crippen LogP contribution is 2.22. The first-order valence-corrected chi connectivity index (χ1v) is 9.36. The molecule has 1 aromatic heterocycles. The summed E-state index contributed by atoms with van der Waals surface area (Å²) in [5.41, 5.74) is -0.465. The molecular weight excluding hydrogens is 365 g/mol. The quantitative estimate of drug-likeness (QED) is 0.759. The van der Waals surface area contributed by atoms with Gasteiger partial charge in [0, 0.05) is 11.4 Å². The molecule has 0 saturated carbocycles. The summed E-state index contributed by atoms with van der Waals surface area (Å²) in [5.74, 6) is -5.15. The standard InChI is InChI=1S/C14H13F3N2O3S2/c1-24(21,22)18-7-6-8-2-5-11(23-8)14(20)19-10-4-3-9(15)12(16)13(10)17/h2-5,18H,6-7H2,1H3,(H,19,20). The molecule has 130 valence electrons. The number of nitrogens with one attached hydrogen (secondary N) is 2. The van der Waals surface area contributed by atoms with Crippen LogP contribution in [0.1, 0.15) is 14.5 Å². The topological polar surface area (TPSA) is 75.3 Å². The molecule has 2 N–H and O–H groups in total. The van der Waals surface area contributed by atoms with Crippen molar-refractivity contribution in [2.24, 2.45) is 0 Å². The number of benzene rings is 1. The highest BCUT2D eigenvalue weighted by Gasteiger charge is 2.17. The van der Waals surface area contributed by atoms with Crippen LogP contribution in [-0.2, 0) is 16.4 Å². The summed E-state index contributed by atoms with van der Waals surface area (Å²) >= 11 is 1.09. The second kappa shape index (κ2) is 7.32. The van der Waals surface area contributed by atoms with Crippen LogP contribution >= 0.6 is 11.3 Å². The summed E-state index contributed by atoms with van der Waals surface area (Å²) in [4.78, 5) is 13.0. The van der Waals surface area contributed by atoms with Crippen molar-refractivity contribution < 1.29 is 26.4 Å². The van der Waals surface area contributed by atoms with Crippen molar-refractivity contribution in [3.63, 3.8) is 0 Å². The molecule has 5 nitrogen and oxygen atoms in total. The zero-order valence-corrected chi connectivity index (χ0v) is 14.0. The number of hydrogen-bond donors (Lipinski definition) is 2. The zero-order valence-electron chi connectivity index (χ0n) is 12.4. The van der Waals surface area contributed by atoms with E-state index in [1.807, 2.05) is 0 Å². The van der Waals surface area contributed by atoms with Gasteiger partial charge in [-0.15, -0.1) is 11.3 Å². The molecule has 1 amide bonds. The Morgan fingerprint density at radius 1 is 1.12 bits per heavy atom. The van der Waals surface area contributed by atoms with E-state index in [0.717, 1.165) is 28.5 Å². The summed E-state index contributed by atoms with van der Waals surface area (Å²) < 4.78 is 63.7. The van der Waals surface area contributed by atoms with E-state index >= 15 is 0 Å². The van der Waals surface area contributed by atoms with Crippen LogP contribution in [0.15, 0.2) is 24.3 Å². The van der Waals surface area contributed by atoms with Crippen molar-refractivity contribution in [2.75, 3.05) is 18.1 Å². The van der Waals surface area contributed by atoms with Crippen molar-refractivity contribution in [3.8, 4) is 0 Å². The summed E-state index contributed by atoms with van der Waals surface area (Å²) in [5, 5.41) is 2.17. The van der Waals surface area contributed by atoms with Crippen LogP contribution < -0.4 is 10.0 Å². The van der Waals surface area contributed by atoms with E-state index in [1.54, 1.807) is 6.07 Å². The van der Waals surface area contributed by atoms with Crippen LogP contribution in [0.2, 0.25) is 0 Å². The van der Waals surface area contributed by atoms with Gasteiger partial charge in [0.2, 0.25) is 10.0 Å². The fourth-order valence-corrected chi connectivity index (χ4v) is 3.18. The molecule has 0 unspecified atom stereocenters. The van der Waals surface area contributed by atoms with E-state index in [2.05, 4.69) is 10.0 Å². The molecule has 0 aliphatic carbocycles. The Morgan fingerprint density at radius 3 is 2.50 bits per heavy atom. The first-order valence-electron chi connectivity index (χ1n) is 6.65. The molecule has 1 aromatic carbocycles. The van der Waals surface area contributed by atoms with Gasteiger partial charge in [0.15, 0.2) is 17.5 Å². The first kappa shape index (κ1) is 18.4. The third-order valence-electron chi connectivity index (χ3n) is 2.90. The van der Waals surface area contributed by atoms with Gasteiger partial charge in [-0.1, -0.05) is 0 Å². The van der Waals surface area contributed by atoms with E-state index < -0.39 is 39.1 Å². The van der Waals surface area contributed by atoms with E-state index in [-0.39, 0.29) is 11.4 Å². The van der Waals surface area contributed by atoms with E-state index in [4.69, 9.17) is 0 Å². The van der Waals surface area contributed by atoms with Gasteiger partial charge in [0.25, 0.3) is 5.91 Å². The minimum atomic E-state index is -3.29. The third-order valence-corrected chi connectivity index (χ3v) is 4.78. The average molecular weight is 378 g/mol. The second-order valence-corrected chi connectivity index (χ2v) is 7.86. The Morgan fingerprint density at radius 2 is 1.83 bits per heavy atom. The van der Waals surface area contributed by atoms with Crippen molar-refractivity contribution >= 4 is 33.0 Å². The van der Waals surface area contributed by atoms with E-state index in [9.17, 15) is 26.4 Å². The number of thiophene rings is 1. The van der Waals surface area contributed by atoms with Gasteiger partial charge in [0.05, 0.1) is 16.8 Å². The number of amides is 1. The van der Waals surface area contributed by atoms with Crippen LogP contribution in [0.4, 0.5) is 18.9 Å². The van der Waals surface area contributed by atoms with Crippen LogP contribution in [0.25, 0.3) is 0 Å². The minimum absolute atomic E-state index is 0.179. The number of carbonyl (C=O) groups excluding carboxylic acids is 1. The van der Waals surface area contributed by atoms with E-state index in [0.29, 0.717) is 12.5 Å². The van der Waals surface area contributed by atoms with E-state index in [1.165, 1.54) is 6.07 Å². The van der Waals surface area contributed by atoms with Crippen LogP contribution in [0, 0.1) is 17.5 Å². The fraction of sp³-hybridized carbons (Fsp3) is 0.214. The summed E-state index contributed by atoms with van der Waals surface area (Å²) in [7, 11) is -3.29. The molecule has 0 fully saturated rings. The maximum Gasteiger partial charge on any atom is 0.265 e. The van der Waals surface area contributed by atoms with Gasteiger partial charge < -0.3 is 5.32 Å². The molecular formula is C14H13F3N2O3S2. The predicted molar refractivity (Wildman–Crippen MR) is 85.1 cm³/mol. The number of halogens is 3. The molecule has 0 bridgehead atoms. The summed E-state index contributed by atoms with van der Waals surface area (Å²) in [6, 6.07) is 4.75. The molecule has 2 aromatic rings. The van der Waals surface area contributed by atoms with Crippen molar-refractivity contribution in [3.05, 3.63) is 51.5 Å². The Bertz CT molecular complexity index is 866. The molecule has 1 heterocycles. The van der Waals surface area contributed by atoms with Gasteiger partial charge in [-0.2, -0.15) is 0 Å². The number of hydrogen-bond acceptors (Lipinski definition) is 4. The highest BCUT2D eigenvalue weighted by atomic mass is 32.2. The van der Waals surface area contributed by atoms with Crippen LogP contribution in [0.3, 0.4) is 0 Å². The lowest BCUT2D eigenvalue weighted by Gasteiger charge is -2.06. The molecule has 0 aliphatic heterocycles. The second-order valence-electron chi connectivity index (χ2n) is 4.86. The molecule has 0 radical (unpaired) electrons. The van der Waals surface area contributed by atoms with Gasteiger partial charge in [-0.3, -0.25) is 4.79 Å². The Kier molecular flexibility index (Phi) is 5.62. The third kappa shape index (κ3) is 4.79. The van der Waals surface area contributed by atoms with Crippen molar-refractivity contribution in [2.45, 2.75) is 6.42 Å². The molecule has 0 aliphatic rings. The van der Waals surface area contributed by atoms with Gasteiger partial charge in [-0.05, 0) is 30.7 Å². The SMILES string of the molecule is CS(=O)(=O)NCCc1ccc(C(=O)Nc2ccc(F)c(F)c2F)s1. The maximum absolute atomic E-state index is 13.5. The number of anilines is 1. The summed E-state index contributed by atoms with van der Waals surface area (Å²) in [6.45, 7) is 0.179. The lowest BCUT2D eigenvalue weighted by molar-refractivity contribution is 0.103. The monoisotopic (exact) mass is 378 g/mol. The normalized spacial score (nSPS) is 11.5. The largest absolute Gasteiger partial charge is 0.319 e. The van der Waals surface area contributed by atoms with Crippen molar-refractivity contribution in [1.29, 1.82) is 0 Å². The molecule has 0 spiro atoms. The maximum atomic E-state index is 13.5. The number of rotatable bonds is 6. The predicted octanol–water partition coefficient (Wildman–Crippen LogP) is 2.51. The lowest BCUT2D eigenvalue weighted by Crippen LogP contribution is -2.24. The van der Waals surface area contributed by atoms with Gasteiger partial charge in [0.1, 0.15) is 0 Å². The Labute approximate surface area is 140 Å². The average Bonchev–Trinajstić information content (AvgIpc) is 2.95. The zero-order chi connectivity index (χ0) is 17.9. The highest BCUT2D eigenvalue weighted by molar-refractivity contribution is 7.88. The first-order chi connectivity index (χ1) is 11.2. The number of carbonyl (C=O) groups is 1. The van der Waals surface area contributed by atoms with Crippen LogP contribution in [-0.4, -0.2) is 27.1 Å². The van der Waals surface area contributed by atoms with Gasteiger partial charge in [-0.25, -0.2) is 26.3 Å². The molecule has 10 heteroatoms. The molecule has 0 saturated heterocycles. The molecule has 24 heavy (non-hydrogen) atoms. The van der Waals surface area contributed by atoms with Gasteiger partial charge >= 0.3 is 0 Å². The summed E-state index contributed by atoms with van der Waals surface area (Å²) in [6.07, 6.45) is 1.42. The van der Waals surface area contributed by atoms with Crippen molar-refractivity contribution in [1.82, 2.24) is 4.72 Å². The number of sulfonamides is 1. The fourth-order valence-electron chi connectivity index (χ4n) is 1.80. The smallest absolute Gasteiger partial charge is 0.265 e. The van der Waals surface area contributed by atoms with Crippen LogP contribution in [0.5, 0.6) is 0 Å². The Hall–Kier alpha value is -1.91. The molecule has 2 rings (SSSR count). The molecule has 0 atom stereocenters. The Balaban J connectivity index is 2.02. The minimum Gasteiger partial charge on any atom is -0.319 e.